The number of benzene rings is 1. The Balaban J connectivity index is 1.42. The van der Waals surface area contributed by atoms with Crippen LogP contribution in [-0.4, -0.2) is 12.6 Å². The second-order valence-electron chi connectivity index (χ2n) is 7.23. The molecule has 2 saturated carbocycles. The van der Waals surface area contributed by atoms with Crippen molar-refractivity contribution in [1.29, 1.82) is 0 Å². The quantitative estimate of drug-likeness (QED) is 0.818. The first-order chi connectivity index (χ1) is 9.88. The van der Waals surface area contributed by atoms with Gasteiger partial charge in [0.1, 0.15) is 0 Å². The molecule has 3 aliphatic carbocycles. The van der Waals surface area contributed by atoms with Gasteiger partial charge in [0, 0.05) is 6.04 Å². The van der Waals surface area contributed by atoms with Crippen LogP contribution in [0.3, 0.4) is 0 Å². The summed E-state index contributed by atoms with van der Waals surface area (Å²) in [6.07, 6.45) is 8.50. The van der Waals surface area contributed by atoms with Crippen LogP contribution in [0.1, 0.15) is 56.1 Å². The van der Waals surface area contributed by atoms with E-state index in [0.29, 0.717) is 0 Å². The fourth-order valence-corrected chi connectivity index (χ4v) is 5.06. The molecule has 0 amide bonds. The maximum absolute atomic E-state index is 3.89. The maximum atomic E-state index is 3.89. The Morgan fingerprint density at radius 3 is 2.75 bits per heavy atom. The number of hydrogen-bond donors (Lipinski definition) is 1. The van der Waals surface area contributed by atoms with E-state index < -0.39 is 0 Å². The summed E-state index contributed by atoms with van der Waals surface area (Å²) >= 11 is 0. The predicted octanol–water partition coefficient (Wildman–Crippen LogP) is 4.13. The van der Waals surface area contributed by atoms with Gasteiger partial charge in [0.2, 0.25) is 0 Å². The van der Waals surface area contributed by atoms with E-state index in [2.05, 4.69) is 36.5 Å². The zero-order valence-electron chi connectivity index (χ0n) is 12.6. The molecule has 4 atom stereocenters. The minimum Gasteiger partial charge on any atom is -0.314 e. The molecule has 0 heterocycles. The van der Waals surface area contributed by atoms with Crippen molar-refractivity contribution in [3.8, 4) is 0 Å². The van der Waals surface area contributed by atoms with Gasteiger partial charge in [-0.05, 0) is 73.4 Å². The maximum Gasteiger partial charge on any atom is 0.0107 e. The van der Waals surface area contributed by atoms with Gasteiger partial charge in [0.25, 0.3) is 0 Å². The molecule has 1 nitrogen and oxygen atoms in total. The molecular weight excluding hydrogens is 242 g/mol. The lowest BCUT2D eigenvalue weighted by atomic mass is 9.73. The number of hydrogen-bond acceptors (Lipinski definition) is 1. The molecule has 4 unspecified atom stereocenters. The van der Waals surface area contributed by atoms with Crippen molar-refractivity contribution < 1.29 is 0 Å². The van der Waals surface area contributed by atoms with Crippen molar-refractivity contribution in [1.82, 2.24) is 5.32 Å². The van der Waals surface area contributed by atoms with Crippen molar-refractivity contribution in [3.63, 3.8) is 0 Å². The van der Waals surface area contributed by atoms with Crippen molar-refractivity contribution in [2.45, 2.75) is 57.4 Å². The molecule has 3 aliphatic rings. The SMILES string of the molecule is CCCNC(CC1Cc2ccccc21)C1C2CCCC21. The van der Waals surface area contributed by atoms with E-state index in [1.807, 2.05) is 0 Å². The highest BCUT2D eigenvalue weighted by Crippen LogP contribution is 2.60. The molecule has 0 radical (unpaired) electrons. The standard InChI is InChI=1S/C19H27N/c1-2-10-20-18(19-16-8-5-9-17(16)19)12-14-11-13-6-3-4-7-15(13)14/h3-4,6-7,14,16-20H,2,5,8-12H2,1H3. The van der Waals surface area contributed by atoms with Gasteiger partial charge in [-0.1, -0.05) is 37.6 Å². The fraction of sp³-hybridized carbons (Fsp3) is 0.684. The third kappa shape index (κ3) is 2.11. The van der Waals surface area contributed by atoms with E-state index in [9.17, 15) is 0 Å². The Kier molecular flexibility index (Phi) is 3.34. The summed E-state index contributed by atoms with van der Waals surface area (Å²) in [5.41, 5.74) is 3.24. The van der Waals surface area contributed by atoms with Crippen LogP contribution in [0.2, 0.25) is 0 Å². The monoisotopic (exact) mass is 269 g/mol. The third-order valence-corrected chi connectivity index (χ3v) is 6.09. The highest BCUT2D eigenvalue weighted by atomic mass is 14.9. The zero-order chi connectivity index (χ0) is 13.5. The van der Waals surface area contributed by atoms with E-state index in [4.69, 9.17) is 0 Å². The second-order valence-corrected chi connectivity index (χ2v) is 7.23. The number of fused-ring (bicyclic) bond motifs is 2. The van der Waals surface area contributed by atoms with E-state index in [1.165, 1.54) is 45.1 Å². The van der Waals surface area contributed by atoms with Gasteiger partial charge in [-0.15, -0.1) is 0 Å². The summed E-state index contributed by atoms with van der Waals surface area (Å²) in [6, 6.07) is 9.86. The molecule has 2 fully saturated rings. The van der Waals surface area contributed by atoms with Crippen molar-refractivity contribution in [3.05, 3.63) is 35.4 Å². The van der Waals surface area contributed by atoms with Crippen molar-refractivity contribution in [2.75, 3.05) is 6.54 Å². The molecule has 0 bridgehead atoms. The van der Waals surface area contributed by atoms with E-state index >= 15 is 0 Å². The van der Waals surface area contributed by atoms with Gasteiger partial charge in [0.05, 0.1) is 0 Å². The lowest BCUT2D eigenvalue weighted by Gasteiger charge is -2.34. The molecule has 1 N–H and O–H groups in total. The summed E-state index contributed by atoms with van der Waals surface area (Å²) in [5.74, 6) is 4.02. The lowest BCUT2D eigenvalue weighted by molar-refractivity contribution is 0.349. The molecular formula is C19H27N. The lowest BCUT2D eigenvalue weighted by Crippen LogP contribution is -2.36. The summed E-state index contributed by atoms with van der Waals surface area (Å²) in [6.45, 7) is 3.49. The van der Waals surface area contributed by atoms with Crippen LogP contribution in [0.5, 0.6) is 0 Å². The topological polar surface area (TPSA) is 12.0 Å². The van der Waals surface area contributed by atoms with Gasteiger partial charge in [0.15, 0.2) is 0 Å². The number of rotatable bonds is 6. The molecule has 20 heavy (non-hydrogen) atoms. The normalized spacial score (nSPS) is 35.0. The van der Waals surface area contributed by atoms with Crippen LogP contribution in [0.15, 0.2) is 24.3 Å². The van der Waals surface area contributed by atoms with Crippen molar-refractivity contribution >= 4 is 0 Å². The molecule has 0 spiro atoms. The highest BCUT2D eigenvalue weighted by Gasteiger charge is 2.55. The molecule has 1 heteroatoms. The predicted molar refractivity (Wildman–Crippen MR) is 83.9 cm³/mol. The minimum absolute atomic E-state index is 0.795. The van der Waals surface area contributed by atoms with Crippen LogP contribution in [0.4, 0.5) is 0 Å². The van der Waals surface area contributed by atoms with Gasteiger partial charge < -0.3 is 5.32 Å². The molecule has 1 aromatic rings. The van der Waals surface area contributed by atoms with Crippen LogP contribution >= 0.6 is 0 Å². The van der Waals surface area contributed by atoms with E-state index in [1.54, 1.807) is 11.1 Å². The van der Waals surface area contributed by atoms with Crippen LogP contribution in [0.25, 0.3) is 0 Å². The summed E-state index contributed by atoms with van der Waals surface area (Å²) in [5, 5.41) is 3.89. The summed E-state index contributed by atoms with van der Waals surface area (Å²) < 4.78 is 0. The molecule has 0 aliphatic heterocycles. The van der Waals surface area contributed by atoms with Crippen LogP contribution in [-0.2, 0) is 6.42 Å². The minimum atomic E-state index is 0.795. The molecule has 108 valence electrons. The van der Waals surface area contributed by atoms with Gasteiger partial charge >= 0.3 is 0 Å². The summed E-state index contributed by atoms with van der Waals surface area (Å²) in [7, 11) is 0. The zero-order valence-corrected chi connectivity index (χ0v) is 12.6. The fourth-order valence-electron chi connectivity index (χ4n) is 5.06. The van der Waals surface area contributed by atoms with E-state index in [0.717, 1.165) is 29.7 Å². The molecule has 0 aromatic heterocycles. The van der Waals surface area contributed by atoms with Gasteiger partial charge in [-0.3, -0.25) is 0 Å². The molecule has 4 rings (SSSR count). The summed E-state index contributed by atoms with van der Waals surface area (Å²) in [4.78, 5) is 0. The Bertz CT molecular complexity index is 470. The smallest absolute Gasteiger partial charge is 0.0107 e. The van der Waals surface area contributed by atoms with E-state index in [-0.39, 0.29) is 0 Å². The largest absolute Gasteiger partial charge is 0.314 e. The Morgan fingerprint density at radius 1 is 1.20 bits per heavy atom. The Hall–Kier alpha value is -0.820. The van der Waals surface area contributed by atoms with Crippen molar-refractivity contribution in [2.24, 2.45) is 17.8 Å². The molecule has 0 saturated heterocycles. The first-order valence-electron chi connectivity index (χ1n) is 8.69. The Labute approximate surface area is 123 Å². The average Bonchev–Trinajstić information content (AvgIpc) is 2.92. The first kappa shape index (κ1) is 12.9. The van der Waals surface area contributed by atoms with Crippen LogP contribution < -0.4 is 5.32 Å². The Morgan fingerprint density at radius 2 is 2.00 bits per heavy atom. The average molecular weight is 269 g/mol. The van der Waals surface area contributed by atoms with Crippen LogP contribution in [0, 0.1) is 17.8 Å². The number of nitrogens with one attached hydrogen (secondary N) is 1. The van der Waals surface area contributed by atoms with Gasteiger partial charge in [-0.2, -0.15) is 0 Å². The molecule has 1 aromatic carbocycles. The first-order valence-corrected chi connectivity index (χ1v) is 8.69. The third-order valence-electron chi connectivity index (χ3n) is 6.09. The highest BCUT2D eigenvalue weighted by molar-refractivity contribution is 5.40. The van der Waals surface area contributed by atoms with Gasteiger partial charge in [-0.25, -0.2) is 0 Å². The second kappa shape index (κ2) is 5.18.